The van der Waals surface area contributed by atoms with Crippen LogP contribution in [0.15, 0.2) is 29.2 Å². The Hall–Kier alpha value is -1.36. The van der Waals surface area contributed by atoms with E-state index in [0.717, 1.165) is 24.3 Å². The number of hydrogen-bond acceptors (Lipinski definition) is 5. The van der Waals surface area contributed by atoms with Gasteiger partial charge in [0.2, 0.25) is 4.33 Å². The van der Waals surface area contributed by atoms with Crippen molar-refractivity contribution in [3.8, 4) is 6.07 Å². The Bertz CT molecular complexity index is 604. The van der Waals surface area contributed by atoms with Gasteiger partial charge >= 0.3 is 0 Å². The lowest BCUT2D eigenvalue weighted by Crippen LogP contribution is -2.23. The Balaban J connectivity index is 3.08. The van der Waals surface area contributed by atoms with Crippen LogP contribution in [0.5, 0.6) is 0 Å². The second-order valence-corrected chi connectivity index (χ2v) is 6.80. The van der Waals surface area contributed by atoms with E-state index in [0.29, 0.717) is 0 Å². The van der Waals surface area contributed by atoms with Gasteiger partial charge in [-0.3, -0.25) is 10.1 Å². The molecule has 1 rings (SSSR count). The maximum absolute atomic E-state index is 11.8. The van der Waals surface area contributed by atoms with Crippen LogP contribution in [0.25, 0.3) is 0 Å². The van der Waals surface area contributed by atoms with Crippen LogP contribution in [0.3, 0.4) is 0 Å². The summed E-state index contributed by atoms with van der Waals surface area (Å²) in [5, 5.41) is 19.0. The predicted molar refractivity (Wildman–Crippen MR) is 65.2 cm³/mol. The van der Waals surface area contributed by atoms with Gasteiger partial charge in [-0.1, -0.05) is 23.2 Å². The molecule has 0 bridgehead atoms. The molecule has 0 radical (unpaired) electrons. The lowest BCUT2D eigenvalue weighted by atomic mass is 10.3. The molecule has 1 aromatic carbocycles. The second-order valence-electron chi connectivity index (χ2n) is 3.33. The molecule has 0 aliphatic rings. The van der Waals surface area contributed by atoms with Crippen LogP contribution in [-0.2, 0) is 9.84 Å². The highest BCUT2D eigenvalue weighted by Gasteiger charge is 2.32. The van der Waals surface area contributed by atoms with Crippen LogP contribution in [0, 0.1) is 21.4 Å². The highest BCUT2D eigenvalue weighted by atomic mass is 35.5. The molecule has 18 heavy (non-hydrogen) atoms. The van der Waals surface area contributed by atoms with E-state index in [9.17, 15) is 18.5 Å². The van der Waals surface area contributed by atoms with Gasteiger partial charge < -0.3 is 0 Å². The maximum Gasteiger partial charge on any atom is 0.269 e. The van der Waals surface area contributed by atoms with Gasteiger partial charge in [0.1, 0.15) is 11.8 Å². The van der Waals surface area contributed by atoms with Gasteiger partial charge in [-0.05, 0) is 12.1 Å². The van der Waals surface area contributed by atoms with Gasteiger partial charge in [-0.15, -0.1) is 0 Å². The monoisotopic (exact) mass is 308 g/mol. The summed E-state index contributed by atoms with van der Waals surface area (Å²) in [6, 6.07) is 5.66. The van der Waals surface area contributed by atoms with E-state index in [4.69, 9.17) is 28.5 Å². The third-order valence-corrected chi connectivity index (χ3v) is 4.50. The summed E-state index contributed by atoms with van der Waals surface area (Å²) in [4.78, 5) is 9.57. The first-order chi connectivity index (χ1) is 8.18. The topological polar surface area (TPSA) is 101 Å². The molecule has 0 saturated carbocycles. The third-order valence-electron chi connectivity index (χ3n) is 1.94. The Morgan fingerprint density at radius 2 is 1.83 bits per heavy atom. The first kappa shape index (κ1) is 14.7. The molecule has 0 amide bonds. The van der Waals surface area contributed by atoms with E-state index in [2.05, 4.69) is 0 Å². The summed E-state index contributed by atoms with van der Waals surface area (Å²) in [5.74, 6) is -0.794. The summed E-state index contributed by atoms with van der Waals surface area (Å²) >= 11 is 10.9. The first-order valence-corrected chi connectivity index (χ1v) is 6.85. The van der Waals surface area contributed by atoms with Crippen LogP contribution in [0.1, 0.15) is 0 Å². The average molecular weight is 309 g/mol. The van der Waals surface area contributed by atoms with E-state index in [1.54, 1.807) is 0 Å². The number of sulfone groups is 1. The fourth-order valence-corrected chi connectivity index (χ4v) is 3.25. The predicted octanol–water partition coefficient (Wildman–Crippen LogP) is 2.07. The average Bonchev–Trinajstić information content (AvgIpc) is 2.28. The number of nitrogens with zero attached hydrogens (tertiary/aromatic N) is 2. The fraction of sp³-hybridized carbons (Fsp3) is 0.222. The van der Waals surface area contributed by atoms with E-state index in [-0.39, 0.29) is 10.6 Å². The van der Waals surface area contributed by atoms with E-state index >= 15 is 0 Å². The molecular formula is C9H6Cl2N2O4S. The van der Waals surface area contributed by atoms with Gasteiger partial charge in [0.05, 0.1) is 9.82 Å². The molecule has 0 N–H and O–H groups in total. The molecule has 0 spiro atoms. The standard InChI is InChI=1S/C9H6Cl2N2O4S/c10-9(11,5-12)6-18(16,17)8-3-1-7(2-4-8)13(14)15/h1-4H,6H2. The van der Waals surface area contributed by atoms with Crippen LogP contribution in [0.4, 0.5) is 5.69 Å². The molecule has 0 heterocycles. The zero-order valence-corrected chi connectivity index (χ0v) is 11.0. The van der Waals surface area contributed by atoms with Crippen molar-refractivity contribution in [1.29, 1.82) is 5.26 Å². The number of nitro benzene ring substituents is 1. The molecule has 0 aliphatic carbocycles. The summed E-state index contributed by atoms with van der Waals surface area (Å²) < 4.78 is 21.5. The van der Waals surface area contributed by atoms with E-state index < -0.39 is 24.8 Å². The number of nitriles is 1. The smallest absolute Gasteiger partial charge is 0.258 e. The number of nitro groups is 1. The number of alkyl halides is 2. The van der Waals surface area contributed by atoms with Crippen LogP contribution >= 0.6 is 23.2 Å². The molecule has 96 valence electrons. The quantitative estimate of drug-likeness (QED) is 0.481. The highest BCUT2D eigenvalue weighted by Crippen LogP contribution is 2.26. The zero-order valence-electron chi connectivity index (χ0n) is 8.71. The molecule has 0 aromatic heterocycles. The van der Waals surface area contributed by atoms with E-state index in [1.807, 2.05) is 0 Å². The molecule has 9 heteroatoms. The molecule has 0 saturated heterocycles. The van der Waals surface area contributed by atoms with Gasteiger partial charge in [0, 0.05) is 12.1 Å². The first-order valence-electron chi connectivity index (χ1n) is 4.44. The molecule has 0 unspecified atom stereocenters. The van der Waals surface area contributed by atoms with Crippen molar-refractivity contribution in [2.24, 2.45) is 0 Å². The molecule has 0 atom stereocenters. The lowest BCUT2D eigenvalue weighted by molar-refractivity contribution is -0.384. The van der Waals surface area contributed by atoms with Crippen molar-refractivity contribution >= 4 is 38.7 Å². The minimum absolute atomic E-state index is 0.186. The number of rotatable bonds is 4. The molecule has 0 fully saturated rings. The minimum Gasteiger partial charge on any atom is -0.258 e. The number of benzene rings is 1. The number of hydrogen-bond donors (Lipinski definition) is 0. The van der Waals surface area contributed by atoms with Crippen LogP contribution < -0.4 is 0 Å². The Morgan fingerprint density at radius 1 is 1.33 bits per heavy atom. The summed E-state index contributed by atoms with van der Waals surface area (Å²) in [6.45, 7) is 0. The van der Waals surface area contributed by atoms with Crippen LogP contribution in [-0.4, -0.2) is 23.4 Å². The third kappa shape index (κ3) is 3.57. The Morgan fingerprint density at radius 3 is 2.22 bits per heavy atom. The highest BCUT2D eigenvalue weighted by molar-refractivity contribution is 7.91. The van der Waals surface area contributed by atoms with Gasteiger partial charge in [0.15, 0.2) is 9.84 Å². The molecule has 0 aliphatic heterocycles. The normalized spacial score (nSPS) is 11.8. The molecule has 6 nitrogen and oxygen atoms in total. The van der Waals surface area contributed by atoms with Gasteiger partial charge in [-0.2, -0.15) is 5.26 Å². The van der Waals surface area contributed by atoms with Crippen molar-refractivity contribution in [3.63, 3.8) is 0 Å². The second kappa shape index (κ2) is 5.10. The summed E-state index contributed by atoms with van der Waals surface area (Å²) in [7, 11) is -3.88. The zero-order chi connectivity index (χ0) is 14.0. The molecular weight excluding hydrogens is 303 g/mol. The fourth-order valence-electron chi connectivity index (χ4n) is 1.13. The Labute approximate surface area is 113 Å². The lowest BCUT2D eigenvalue weighted by Gasteiger charge is -2.10. The van der Waals surface area contributed by atoms with Crippen molar-refractivity contribution in [2.45, 2.75) is 9.23 Å². The van der Waals surface area contributed by atoms with Gasteiger partial charge in [0.25, 0.3) is 5.69 Å². The van der Waals surface area contributed by atoms with Gasteiger partial charge in [-0.25, -0.2) is 8.42 Å². The van der Waals surface area contributed by atoms with Crippen molar-refractivity contribution in [3.05, 3.63) is 34.4 Å². The minimum atomic E-state index is -3.88. The SMILES string of the molecule is N#CC(Cl)(Cl)CS(=O)(=O)c1ccc([N+](=O)[O-])cc1. The maximum atomic E-state index is 11.8. The van der Waals surface area contributed by atoms with Crippen molar-refractivity contribution in [2.75, 3.05) is 5.75 Å². The van der Waals surface area contributed by atoms with Crippen molar-refractivity contribution in [1.82, 2.24) is 0 Å². The number of halogens is 2. The largest absolute Gasteiger partial charge is 0.269 e. The molecule has 1 aromatic rings. The summed E-state index contributed by atoms with van der Waals surface area (Å²) in [5.41, 5.74) is -0.239. The van der Waals surface area contributed by atoms with E-state index in [1.165, 1.54) is 6.07 Å². The Kier molecular flexibility index (Phi) is 4.16. The van der Waals surface area contributed by atoms with Crippen molar-refractivity contribution < 1.29 is 13.3 Å². The number of non-ortho nitro benzene ring substituents is 1. The summed E-state index contributed by atoms with van der Waals surface area (Å²) in [6.07, 6.45) is 0. The van der Waals surface area contributed by atoms with Crippen LogP contribution in [0.2, 0.25) is 0 Å².